The van der Waals surface area contributed by atoms with E-state index in [1.54, 1.807) is 42.5 Å². The lowest BCUT2D eigenvalue weighted by Gasteiger charge is -2.10. The Morgan fingerprint density at radius 1 is 1.09 bits per heavy atom. The molecule has 0 bridgehead atoms. The summed E-state index contributed by atoms with van der Waals surface area (Å²) in [6.45, 7) is 0.0514. The molecule has 0 amide bonds. The lowest BCUT2D eigenvalue weighted by atomic mass is 10.2. The molecule has 3 aromatic rings. The summed E-state index contributed by atoms with van der Waals surface area (Å²) in [5.41, 5.74) is 0.130. The van der Waals surface area contributed by atoms with Crippen LogP contribution in [0.1, 0.15) is 5.82 Å². The van der Waals surface area contributed by atoms with Crippen molar-refractivity contribution >= 4 is 34.1 Å². The summed E-state index contributed by atoms with van der Waals surface area (Å²) >= 11 is 11.7. The first kappa shape index (κ1) is 14.7. The Bertz CT molecular complexity index is 892. The molecule has 3 rings (SSSR count). The fourth-order valence-corrected chi connectivity index (χ4v) is 2.29. The second kappa shape index (κ2) is 5.87. The van der Waals surface area contributed by atoms with E-state index in [9.17, 15) is 4.79 Å². The molecule has 5 nitrogen and oxygen atoms in total. The van der Waals surface area contributed by atoms with Gasteiger partial charge in [-0.3, -0.25) is 4.79 Å². The average Bonchev–Trinajstić information content (AvgIpc) is 2.51. The first-order chi connectivity index (χ1) is 10.5. The van der Waals surface area contributed by atoms with Crippen LogP contribution >= 0.6 is 23.2 Å². The SMILES string of the molecule is Nn1c(COc2ccc(Cl)cc2)nc2cc(Cl)ccc2c1=O. The van der Waals surface area contributed by atoms with E-state index in [0.29, 0.717) is 32.5 Å². The van der Waals surface area contributed by atoms with Crippen LogP contribution in [0, 0.1) is 0 Å². The van der Waals surface area contributed by atoms with Gasteiger partial charge in [0.15, 0.2) is 5.82 Å². The number of nitrogens with zero attached hydrogens (tertiary/aromatic N) is 2. The molecule has 0 unspecified atom stereocenters. The summed E-state index contributed by atoms with van der Waals surface area (Å²) in [7, 11) is 0. The molecule has 0 aliphatic heterocycles. The third-order valence-electron chi connectivity index (χ3n) is 3.12. The van der Waals surface area contributed by atoms with Gasteiger partial charge in [-0.15, -0.1) is 0 Å². The second-order valence-corrected chi connectivity index (χ2v) is 5.48. The van der Waals surface area contributed by atoms with E-state index in [4.69, 9.17) is 33.8 Å². The molecule has 0 spiro atoms. The van der Waals surface area contributed by atoms with E-state index in [1.807, 2.05) is 0 Å². The van der Waals surface area contributed by atoms with Crippen molar-refractivity contribution in [2.45, 2.75) is 6.61 Å². The molecule has 0 saturated heterocycles. The van der Waals surface area contributed by atoms with Crippen molar-refractivity contribution < 1.29 is 4.74 Å². The van der Waals surface area contributed by atoms with Crippen molar-refractivity contribution in [3.8, 4) is 5.75 Å². The number of benzene rings is 2. The summed E-state index contributed by atoms with van der Waals surface area (Å²) < 4.78 is 6.55. The summed E-state index contributed by atoms with van der Waals surface area (Å²) in [5.74, 6) is 6.68. The van der Waals surface area contributed by atoms with Gasteiger partial charge in [0.1, 0.15) is 12.4 Å². The molecule has 2 aromatic carbocycles. The van der Waals surface area contributed by atoms with E-state index in [1.165, 1.54) is 0 Å². The van der Waals surface area contributed by atoms with Crippen molar-refractivity contribution in [2.24, 2.45) is 0 Å². The molecule has 1 heterocycles. The number of aromatic nitrogens is 2. The van der Waals surface area contributed by atoms with E-state index < -0.39 is 0 Å². The van der Waals surface area contributed by atoms with E-state index in [2.05, 4.69) is 4.98 Å². The van der Waals surface area contributed by atoms with Gasteiger partial charge in [-0.05, 0) is 42.5 Å². The molecule has 0 saturated carbocycles. The van der Waals surface area contributed by atoms with Crippen LogP contribution in [0.4, 0.5) is 0 Å². The van der Waals surface area contributed by atoms with Gasteiger partial charge < -0.3 is 10.6 Å². The number of nitrogen functional groups attached to an aromatic ring is 1. The molecule has 112 valence electrons. The maximum Gasteiger partial charge on any atom is 0.279 e. The molecular weight excluding hydrogens is 325 g/mol. The van der Waals surface area contributed by atoms with Gasteiger partial charge in [0, 0.05) is 10.0 Å². The van der Waals surface area contributed by atoms with Crippen LogP contribution in [-0.4, -0.2) is 9.66 Å². The summed E-state index contributed by atoms with van der Waals surface area (Å²) in [6.07, 6.45) is 0. The minimum Gasteiger partial charge on any atom is -0.486 e. The summed E-state index contributed by atoms with van der Waals surface area (Å²) in [5, 5.41) is 1.52. The van der Waals surface area contributed by atoms with Crippen LogP contribution < -0.4 is 16.1 Å². The largest absolute Gasteiger partial charge is 0.486 e. The van der Waals surface area contributed by atoms with Crippen molar-refractivity contribution in [1.82, 2.24) is 9.66 Å². The molecule has 7 heteroatoms. The predicted molar refractivity (Wildman–Crippen MR) is 86.9 cm³/mol. The van der Waals surface area contributed by atoms with Crippen LogP contribution in [0.3, 0.4) is 0 Å². The van der Waals surface area contributed by atoms with Crippen LogP contribution in [0.25, 0.3) is 10.9 Å². The minimum atomic E-state index is -0.351. The van der Waals surface area contributed by atoms with Gasteiger partial charge in [0.2, 0.25) is 0 Å². The van der Waals surface area contributed by atoms with Gasteiger partial charge in [-0.1, -0.05) is 23.2 Å². The van der Waals surface area contributed by atoms with Gasteiger partial charge in [-0.2, -0.15) is 0 Å². The van der Waals surface area contributed by atoms with E-state index in [0.717, 1.165) is 4.68 Å². The van der Waals surface area contributed by atoms with E-state index in [-0.39, 0.29) is 12.2 Å². The van der Waals surface area contributed by atoms with Gasteiger partial charge in [0.05, 0.1) is 10.9 Å². The number of fused-ring (bicyclic) bond motifs is 1. The van der Waals surface area contributed by atoms with Crippen LogP contribution in [-0.2, 0) is 6.61 Å². The number of rotatable bonds is 3. The van der Waals surface area contributed by atoms with Gasteiger partial charge >= 0.3 is 0 Å². The lowest BCUT2D eigenvalue weighted by molar-refractivity contribution is 0.291. The highest BCUT2D eigenvalue weighted by Gasteiger charge is 2.10. The topological polar surface area (TPSA) is 70.1 Å². The zero-order valence-corrected chi connectivity index (χ0v) is 12.8. The fraction of sp³-hybridized carbons (Fsp3) is 0.0667. The van der Waals surface area contributed by atoms with E-state index >= 15 is 0 Å². The van der Waals surface area contributed by atoms with Gasteiger partial charge in [-0.25, -0.2) is 9.66 Å². The molecule has 0 atom stereocenters. The fourth-order valence-electron chi connectivity index (χ4n) is 2.00. The molecule has 0 aliphatic rings. The maximum absolute atomic E-state index is 12.2. The Hall–Kier alpha value is -2.24. The highest BCUT2D eigenvalue weighted by molar-refractivity contribution is 6.31. The predicted octanol–water partition coefficient (Wildman–Crippen LogP) is 3.00. The first-order valence-electron chi connectivity index (χ1n) is 6.39. The number of ether oxygens (including phenoxy) is 1. The zero-order valence-electron chi connectivity index (χ0n) is 11.3. The molecule has 1 aromatic heterocycles. The number of hydrogen-bond acceptors (Lipinski definition) is 4. The maximum atomic E-state index is 12.2. The Balaban J connectivity index is 1.94. The molecule has 2 N–H and O–H groups in total. The Morgan fingerprint density at radius 3 is 2.50 bits per heavy atom. The normalized spacial score (nSPS) is 10.8. The Labute approximate surface area is 135 Å². The third-order valence-corrected chi connectivity index (χ3v) is 3.61. The average molecular weight is 336 g/mol. The van der Waals surface area contributed by atoms with Crippen molar-refractivity contribution in [1.29, 1.82) is 0 Å². The molecule has 0 radical (unpaired) electrons. The number of hydrogen-bond donors (Lipinski definition) is 1. The van der Waals surface area contributed by atoms with Crippen LogP contribution in [0.15, 0.2) is 47.3 Å². The molecule has 22 heavy (non-hydrogen) atoms. The quantitative estimate of drug-likeness (QED) is 0.747. The molecule has 0 fully saturated rings. The third kappa shape index (κ3) is 2.86. The summed E-state index contributed by atoms with van der Waals surface area (Å²) in [6, 6.07) is 11.7. The second-order valence-electron chi connectivity index (χ2n) is 4.61. The van der Waals surface area contributed by atoms with Gasteiger partial charge in [0.25, 0.3) is 5.56 Å². The highest BCUT2D eigenvalue weighted by Crippen LogP contribution is 2.18. The monoisotopic (exact) mass is 335 g/mol. The minimum absolute atomic E-state index is 0.0514. The standard InChI is InChI=1S/C15H11Cl2N3O2/c16-9-1-4-11(5-2-9)22-8-14-19-13-7-10(17)3-6-12(13)15(21)20(14)18/h1-7H,8,18H2. The van der Waals surface area contributed by atoms with Crippen LogP contribution in [0.5, 0.6) is 5.75 Å². The smallest absolute Gasteiger partial charge is 0.279 e. The number of halogens is 2. The lowest BCUT2D eigenvalue weighted by Crippen LogP contribution is -2.32. The Kier molecular flexibility index (Phi) is 3.92. The first-order valence-corrected chi connectivity index (χ1v) is 7.15. The summed E-state index contributed by atoms with van der Waals surface area (Å²) in [4.78, 5) is 16.5. The van der Waals surface area contributed by atoms with Crippen molar-refractivity contribution in [3.05, 3.63) is 68.7 Å². The van der Waals surface area contributed by atoms with Crippen LogP contribution in [0.2, 0.25) is 10.0 Å². The highest BCUT2D eigenvalue weighted by atomic mass is 35.5. The molecular formula is C15H11Cl2N3O2. The zero-order chi connectivity index (χ0) is 15.7. The number of nitrogens with two attached hydrogens (primary N) is 1. The van der Waals surface area contributed by atoms with Crippen molar-refractivity contribution in [2.75, 3.05) is 5.84 Å². The van der Waals surface area contributed by atoms with Crippen molar-refractivity contribution in [3.63, 3.8) is 0 Å². The Morgan fingerprint density at radius 2 is 1.77 bits per heavy atom. The molecule has 0 aliphatic carbocycles.